The van der Waals surface area contributed by atoms with Crippen LogP contribution in [0.25, 0.3) is 0 Å². The summed E-state index contributed by atoms with van der Waals surface area (Å²) in [5.41, 5.74) is 0. The van der Waals surface area contributed by atoms with Crippen LogP contribution in [0.15, 0.2) is 48.6 Å². The van der Waals surface area contributed by atoms with Crippen LogP contribution in [0.1, 0.15) is 258 Å². The zero-order valence-corrected chi connectivity index (χ0v) is 45.1. The molecule has 0 spiro atoms. The molecule has 8 nitrogen and oxygen atoms in total. The number of allylic oxidation sites excluding steroid dienone is 7. The number of quaternary nitrogens is 1. The molecule has 9 heteroatoms. The predicted octanol–water partition coefficient (Wildman–Crippen LogP) is 16.8. The summed E-state index contributed by atoms with van der Waals surface area (Å²) in [7, 11) is 1.56. The van der Waals surface area contributed by atoms with Gasteiger partial charge in [0.15, 0.2) is 0 Å². The van der Waals surface area contributed by atoms with Gasteiger partial charge in [0.25, 0.3) is 0 Å². The Hall–Kier alpha value is -1.54. The molecular formula is C57H110N2O6P+. The van der Waals surface area contributed by atoms with Crippen molar-refractivity contribution in [1.29, 1.82) is 0 Å². The molecule has 3 N–H and O–H groups in total. The smallest absolute Gasteiger partial charge is 0.387 e. The van der Waals surface area contributed by atoms with Gasteiger partial charge in [-0.25, -0.2) is 4.57 Å². The first-order chi connectivity index (χ1) is 32.0. The molecule has 0 saturated carbocycles. The average molecular weight is 950 g/mol. The molecule has 0 saturated heterocycles. The van der Waals surface area contributed by atoms with Crippen molar-refractivity contribution in [3.8, 4) is 0 Å². The number of phosphoric acid groups is 1. The van der Waals surface area contributed by atoms with Crippen LogP contribution >= 0.6 is 7.82 Å². The molecule has 0 aromatic carbocycles. The van der Waals surface area contributed by atoms with E-state index in [1.54, 1.807) is 6.08 Å². The van der Waals surface area contributed by atoms with Gasteiger partial charge < -0.3 is 19.8 Å². The Morgan fingerprint density at radius 3 is 1.33 bits per heavy atom. The lowest BCUT2D eigenvalue weighted by atomic mass is 10.0. The highest BCUT2D eigenvalue weighted by molar-refractivity contribution is 7.47. The molecule has 388 valence electrons. The lowest BCUT2D eigenvalue weighted by Crippen LogP contribution is -2.45. The highest BCUT2D eigenvalue weighted by Crippen LogP contribution is 2.43. The first kappa shape index (κ1) is 64.5. The molecule has 66 heavy (non-hydrogen) atoms. The van der Waals surface area contributed by atoms with Gasteiger partial charge in [0.2, 0.25) is 5.91 Å². The van der Waals surface area contributed by atoms with Crippen molar-refractivity contribution in [3.63, 3.8) is 0 Å². The summed E-state index contributed by atoms with van der Waals surface area (Å²) in [5, 5.41) is 13.8. The van der Waals surface area contributed by atoms with Gasteiger partial charge >= 0.3 is 7.82 Å². The summed E-state index contributed by atoms with van der Waals surface area (Å²) >= 11 is 0. The van der Waals surface area contributed by atoms with Crippen molar-refractivity contribution >= 4 is 13.7 Å². The van der Waals surface area contributed by atoms with E-state index in [0.29, 0.717) is 17.4 Å². The Morgan fingerprint density at radius 2 is 0.879 bits per heavy atom. The Kier molecular flexibility index (Phi) is 47.4. The first-order valence-corrected chi connectivity index (χ1v) is 29.5. The standard InChI is InChI=1S/C57H109N2O6P/c1-6-8-10-12-14-16-17-18-19-20-21-22-23-24-25-26-27-28-29-30-31-32-33-34-35-36-37-38-39-40-41-43-45-47-49-51-57(61)58-55(54-65-66(62,63)64-53-52-59(3,4)5)56(60)50-48-46-44-42-15-13-11-9-7-2/h15,17-18,20-21,42,48,50,55-56,60H,6-14,16,19,22-41,43-47,49,51-54H2,1-5H3,(H-,58,61,62,63)/p+1/b18-17-,21-20-,42-15+,50-48+. The summed E-state index contributed by atoms with van der Waals surface area (Å²) in [6.45, 7) is 4.74. The number of aliphatic hydroxyl groups is 1. The van der Waals surface area contributed by atoms with E-state index in [9.17, 15) is 19.4 Å². The second-order valence-electron chi connectivity index (χ2n) is 20.3. The van der Waals surface area contributed by atoms with Gasteiger partial charge in [-0.05, 0) is 64.2 Å². The predicted molar refractivity (Wildman–Crippen MR) is 286 cm³/mol. The third kappa shape index (κ3) is 50.3. The monoisotopic (exact) mass is 950 g/mol. The van der Waals surface area contributed by atoms with E-state index in [1.165, 1.54) is 193 Å². The molecule has 3 atom stereocenters. The van der Waals surface area contributed by atoms with Crippen LogP contribution in [0, 0.1) is 0 Å². The molecule has 0 radical (unpaired) electrons. The fourth-order valence-corrected chi connectivity index (χ4v) is 8.82. The van der Waals surface area contributed by atoms with Crippen LogP contribution in [0.2, 0.25) is 0 Å². The third-order valence-electron chi connectivity index (χ3n) is 12.5. The van der Waals surface area contributed by atoms with Gasteiger partial charge in [-0.3, -0.25) is 13.8 Å². The summed E-state index contributed by atoms with van der Waals surface area (Å²) in [6, 6.07) is -0.860. The van der Waals surface area contributed by atoms with E-state index in [-0.39, 0.29) is 19.1 Å². The molecule has 0 aliphatic carbocycles. The lowest BCUT2D eigenvalue weighted by molar-refractivity contribution is -0.870. The van der Waals surface area contributed by atoms with Crippen molar-refractivity contribution in [3.05, 3.63) is 48.6 Å². The number of nitrogens with one attached hydrogen (secondary N) is 1. The Labute approximate surface area is 409 Å². The number of phosphoric ester groups is 1. The second kappa shape index (κ2) is 48.5. The fraction of sp³-hybridized carbons (Fsp3) is 0.842. The largest absolute Gasteiger partial charge is 0.472 e. The Morgan fingerprint density at radius 1 is 0.515 bits per heavy atom. The van der Waals surface area contributed by atoms with Gasteiger partial charge in [-0.15, -0.1) is 0 Å². The highest BCUT2D eigenvalue weighted by atomic mass is 31.2. The van der Waals surface area contributed by atoms with Crippen molar-refractivity contribution in [2.45, 2.75) is 270 Å². The number of nitrogens with zero attached hydrogens (tertiary/aromatic N) is 1. The number of hydrogen-bond donors (Lipinski definition) is 3. The van der Waals surface area contributed by atoms with Crippen LogP contribution < -0.4 is 5.32 Å². The van der Waals surface area contributed by atoms with E-state index < -0.39 is 20.0 Å². The number of amides is 1. The Bertz CT molecular complexity index is 1210. The van der Waals surface area contributed by atoms with Crippen molar-refractivity contribution in [2.24, 2.45) is 0 Å². The molecule has 0 aromatic heterocycles. The van der Waals surface area contributed by atoms with Gasteiger partial charge in [0.05, 0.1) is 39.9 Å². The number of unbranched alkanes of at least 4 members (excludes halogenated alkanes) is 32. The second-order valence-corrected chi connectivity index (χ2v) is 21.8. The minimum Gasteiger partial charge on any atom is -0.387 e. The molecule has 1 amide bonds. The number of hydrogen-bond acceptors (Lipinski definition) is 5. The maximum atomic E-state index is 12.9. The van der Waals surface area contributed by atoms with Crippen LogP contribution in [0.3, 0.4) is 0 Å². The molecule has 0 heterocycles. The zero-order valence-electron chi connectivity index (χ0n) is 44.2. The topological polar surface area (TPSA) is 105 Å². The maximum absolute atomic E-state index is 12.9. The van der Waals surface area contributed by atoms with E-state index in [1.807, 2.05) is 27.2 Å². The van der Waals surface area contributed by atoms with E-state index >= 15 is 0 Å². The molecule has 0 rings (SSSR count). The van der Waals surface area contributed by atoms with Crippen molar-refractivity contribution < 1.29 is 32.9 Å². The lowest BCUT2D eigenvalue weighted by Gasteiger charge is -2.25. The van der Waals surface area contributed by atoms with Crippen molar-refractivity contribution in [2.75, 3.05) is 40.9 Å². The Balaban J connectivity index is 3.88. The summed E-state index contributed by atoms with van der Waals surface area (Å²) in [5.74, 6) is -0.187. The minimum absolute atomic E-state index is 0.0565. The molecule has 3 unspecified atom stereocenters. The zero-order chi connectivity index (χ0) is 48.5. The number of aliphatic hydroxyl groups excluding tert-OH is 1. The number of rotatable bonds is 51. The van der Waals surface area contributed by atoms with Gasteiger partial charge in [0, 0.05) is 6.42 Å². The molecular weight excluding hydrogens is 840 g/mol. The molecule has 0 bridgehead atoms. The van der Waals surface area contributed by atoms with Gasteiger partial charge in [0.1, 0.15) is 13.2 Å². The quantitative estimate of drug-likeness (QED) is 0.0243. The summed E-state index contributed by atoms with van der Waals surface area (Å²) in [6.07, 6.45) is 63.9. The molecule has 0 aromatic rings. The minimum atomic E-state index is -4.34. The number of carbonyl (C=O) groups is 1. The van der Waals surface area contributed by atoms with E-state index in [4.69, 9.17) is 9.05 Å². The number of likely N-dealkylation sites (N-methyl/N-ethyl adjacent to an activating group) is 1. The first-order valence-electron chi connectivity index (χ1n) is 28.0. The van der Waals surface area contributed by atoms with E-state index in [0.717, 1.165) is 44.9 Å². The van der Waals surface area contributed by atoms with Crippen LogP contribution in [-0.4, -0.2) is 73.4 Å². The van der Waals surface area contributed by atoms with Crippen LogP contribution in [0.5, 0.6) is 0 Å². The van der Waals surface area contributed by atoms with Crippen LogP contribution in [0.4, 0.5) is 0 Å². The van der Waals surface area contributed by atoms with Crippen LogP contribution in [-0.2, 0) is 18.4 Å². The molecule has 0 aliphatic rings. The maximum Gasteiger partial charge on any atom is 0.472 e. The van der Waals surface area contributed by atoms with Gasteiger partial charge in [-0.2, -0.15) is 0 Å². The summed E-state index contributed by atoms with van der Waals surface area (Å²) < 4.78 is 23.5. The fourth-order valence-electron chi connectivity index (χ4n) is 8.09. The average Bonchev–Trinajstić information content (AvgIpc) is 3.28. The normalized spacial score (nSPS) is 14.3. The SMILES string of the molecule is CCCCC/C=C/CC/C=C/C(O)C(COP(=O)(O)OCC[N+](C)(C)C)NC(=O)CCCCCCCCCCCCCCCCCCCCCCCCC/C=C\C/C=C\CCCCCCC. The van der Waals surface area contributed by atoms with Gasteiger partial charge in [-0.1, -0.05) is 236 Å². The summed E-state index contributed by atoms with van der Waals surface area (Å²) in [4.78, 5) is 23.1. The third-order valence-corrected chi connectivity index (χ3v) is 13.5. The number of carbonyl (C=O) groups excluding carboxylic acids is 1. The van der Waals surface area contributed by atoms with Crippen molar-refractivity contribution in [1.82, 2.24) is 5.32 Å². The molecule has 0 fully saturated rings. The molecule has 0 aliphatic heterocycles. The highest BCUT2D eigenvalue weighted by Gasteiger charge is 2.27. The van der Waals surface area contributed by atoms with E-state index in [2.05, 4.69) is 55.6 Å².